The van der Waals surface area contributed by atoms with Crippen LogP contribution in [0.15, 0.2) is 91.0 Å². The van der Waals surface area contributed by atoms with Gasteiger partial charge in [-0.1, -0.05) is 105 Å². The summed E-state index contributed by atoms with van der Waals surface area (Å²) in [7, 11) is -3.95. The third kappa shape index (κ3) is 8.91. The molecule has 3 aromatic rings. The molecule has 2 aliphatic rings. The molecule has 1 fully saturated rings. The van der Waals surface area contributed by atoms with E-state index in [1.165, 1.54) is 11.1 Å². The highest BCUT2D eigenvalue weighted by Gasteiger charge is 2.57. The molecule has 0 spiro atoms. The van der Waals surface area contributed by atoms with Crippen LogP contribution in [-0.2, 0) is 21.6 Å². The number of aromatic carboxylic acids is 1. The molecule has 2 aliphatic carbocycles. The van der Waals surface area contributed by atoms with E-state index in [0.29, 0.717) is 18.6 Å². The number of carboxylic acids is 2. The largest absolute Gasteiger partial charge is 0.488 e. The Morgan fingerprint density at radius 3 is 2.18 bits per heavy atom. The van der Waals surface area contributed by atoms with Gasteiger partial charge in [-0.3, -0.25) is 4.79 Å². The van der Waals surface area contributed by atoms with Gasteiger partial charge in [-0.25, -0.2) is 9.93 Å². The zero-order chi connectivity index (χ0) is 35.7. The van der Waals surface area contributed by atoms with Gasteiger partial charge in [-0.15, -0.1) is 0 Å². The Bertz CT molecular complexity index is 1800. The number of benzene rings is 3. The maximum Gasteiger partial charge on any atom is 0.335 e. The molecule has 50 heavy (non-hydrogen) atoms. The molecule has 3 aromatic carbocycles. The molecular weight excluding hydrogens is 653 g/mol. The standard InChI is InChI=1S/C40H48N2O7S/c1-28(33-17-12-13-18-36(33)49-27-29-20-22-31(23-21-29)39(45)46)40-25-24-35(42-50(41,47)48)34(40)26-32(38(40)30-14-9-7-10-15-30)16-8-5-3-2-4-6-11-19-37(43)44/h7,9-10,12-15,17-18,20-23,34-35,42H,1-6,8,11,16,19,24-27H2,(H,43,44)(H,45,46)(H2,41,47,48). The topological polar surface area (TPSA) is 156 Å². The maximum atomic E-state index is 12.4. The number of aliphatic carboxylic acids is 1. The lowest BCUT2D eigenvalue weighted by molar-refractivity contribution is -0.137. The van der Waals surface area contributed by atoms with Crippen LogP contribution in [0.5, 0.6) is 5.75 Å². The molecule has 0 bridgehead atoms. The lowest BCUT2D eigenvalue weighted by atomic mass is 9.66. The van der Waals surface area contributed by atoms with Gasteiger partial charge in [0, 0.05) is 23.4 Å². The fraction of sp³-hybridized carbons (Fsp3) is 0.400. The number of hydrogen-bond acceptors (Lipinski definition) is 5. The number of fused-ring (bicyclic) bond motifs is 1. The molecule has 0 heterocycles. The zero-order valence-corrected chi connectivity index (χ0v) is 29.3. The summed E-state index contributed by atoms with van der Waals surface area (Å²) in [6.45, 7) is 5.00. The Hall–Kier alpha value is -4.25. The molecule has 0 saturated heterocycles. The van der Waals surface area contributed by atoms with Gasteiger partial charge in [0.15, 0.2) is 0 Å². The normalized spacial score (nSPS) is 20.1. The lowest BCUT2D eigenvalue weighted by Crippen LogP contribution is -2.43. The number of hydrogen-bond donors (Lipinski definition) is 4. The average molecular weight is 701 g/mol. The van der Waals surface area contributed by atoms with Crippen LogP contribution in [-0.4, -0.2) is 36.6 Å². The van der Waals surface area contributed by atoms with Gasteiger partial charge < -0.3 is 14.9 Å². The van der Waals surface area contributed by atoms with E-state index in [9.17, 15) is 23.1 Å². The van der Waals surface area contributed by atoms with Gasteiger partial charge in [-0.05, 0) is 84.9 Å². The number of ether oxygens (including phenoxy) is 1. The average Bonchev–Trinajstić information content (AvgIpc) is 3.60. The van der Waals surface area contributed by atoms with Crippen molar-refractivity contribution >= 4 is 33.3 Å². The molecule has 1 saturated carbocycles. The summed E-state index contributed by atoms with van der Waals surface area (Å²) in [5, 5.41) is 23.7. The SMILES string of the molecule is C=C(c1ccccc1OCc1ccc(C(=O)O)cc1)C12CCC(NS(N)(=O)=O)C1CC(CCCCCCCCCC(=O)O)=C2c1ccccc1. The number of unbranched alkanes of at least 4 members (excludes halogenated alkanes) is 6. The molecule has 3 atom stereocenters. The summed E-state index contributed by atoms with van der Waals surface area (Å²) in [6.07, 6.45) is 10.1. The minimum atomic E-state index is -3.95. The molecular formula is C40H48N2O7S. The fourth-order valence-electron chi connectivity index (χ4n) is 8.08. The highest BCUT2D eigenvalue weighted by atomic mass is 32.2. The van der Waals surface area contributed by atoms with Crippen LogP contribution >= 0.6 is 0 Å². The van der Waals surface area contributed by atoms with Gasteiger partial charge in [-0.2, -0.15) is 13.1 Å². The van der Waals surface area contributed by atoms with Crippen LogP contribution in [0.4, 0.5) is 0 Å². The van der Waals surface area contributed by atoms with Gasteiger partial charge in [0.05, 0.1) is 5.56 Å². The van der Waals surface area contributed by atoms with Crippen molar-refractivity contribution in [2.75, 3.05) is 0 Å². The van der Waals surface area contributed by atoms with Crippen molar-refractivity contribution in [3.05, 3.63) is 113 Å². The van der Waals surface area contributed by atoms with Crippen molar-refractivity contribution < 1.29 is 33.0 Å². The quantitative estimate of drug-likeness (QED) is 0.0924. The Labute approximate surface area is 295 Å². The molecule has 10 heteroatoms. The second-order valence-electron chi connectivity index (χ2n) is 13.6. The molecule has 9 nitrogen and oxygen atoms in total. The van der Waals surface area contributed by atoms with Crippen molar-refractivity contribution in [2.45, 2.75) is 89.7 Å². The van der Waals surface area contributed by atoms with Gasteiger partial charge >= 0.3 is 11.9 Å². The summed E-state index contributed by atoms with van der Waals surface area (Å²) >= 11 is 0. The van der Waals surface area contributed by atoms with Crippen molar-refractivity contribution in [2.24, 2.45) is 16.5 Å². The van der Waals surface area contributed by atoms with Crippen LogP contribution in [0.2, 0.25) is 0 Å². The number of nitrogens with two attached hydrogens (primary N) is 1. The number of carboxylic acid groups (broad SMARTS) is 2. The third-order valence-electron chi connectivity index (χ3n) is 10.3. The number of carbonyl (C=O) groups is 2. The van der Waals surface area contributed by atoms with Crippen LogP contribution in [0.3, 0.4) is 0 Å². The van der Waals surface area contributed by atoms with E-state index >= 15 is 0 Å². The highest BCUT2D eigenvalue weighted by molar-refractivity contribution is 7.87. The second-order valence-corrected chi connectivity index (χ2v) is 14.9. The summed E-state index contributed by atoms with van der Waals surface area (Å²) in [6, 6.07) is 24.4. The first kappa shape index (κ1) is 37.0. The first-order valence-corrected chi connectivity index (χ1v) is 19.1. The molecule has 0 aromatic heterocycles. The summed E-state index contributed by atoms with van der Waals surface area (Å²) < 4.78 is 34.0. The lowest BCUT2D eigenvalue weighted by Gasteiger charge is -2.38. The van der Waals surface area contributed by atoms with Crippen molar-refractivity contribution in [3.63, 3.8) is 0 Å². The van der Waals surface area contributed by atoms with Crippen molar-refractivity contribution in [1.82, 2.24) is 4.72 Å². The Balaban J connectivity index is 1.43. The summed E-state index contributed by atoms with van der Waals surface area (Å²) in [5.74, 6) is -1.16. The zero-order valence-electron chi connectivity index (χ0n) is 28.5. The fourth-order valence-corrected chi connectivity index (χ4v) is 8.78. The molecule has 5 rings (SSSR count). The Morgan fingerprint density at radius 1 is 0.880 bits per heavy atom. The van der Waals surface area contributed by atoms with Gasteiger partial charge in [0.2, 0.25) is 0 Å². The molecule has 3 unspecified atom stereocenters. The van der Waals surface area contributed by atoms with Crippen LogP contribution in [0.25, 0.3) is 11.1 Å². The molecule has 0 amide bonds. The monoisotopic (exact) mass is 700 g/mol. The smallest absolute Gasteiger partial charge is 0.335 e. The van der Waals surface area contributed by atoms with Crippen LogP contribution < -0.4 is 14.6 Å². The van der Waals surface area contributed by atoms with E-state index in [2.05, 4.69) is 16.9 Å². The van der Waals surface area contributed by atoms with E-state index in [0.717, 1.165) is 80.1 Å². The third-order valence-corrected chi connectivity index (χ3v) is 11.0. The second kappa shape index (κ2) is 16.6. The van der Waals surface area contributed by atoms with Gasteiger partial charge in [0.25, 0.3) is 10.2 Å². The first-order valence-electron chi connectivity index (χ1n) is 17.5. The molecule has 0 radical (unpaired) electrons. The Morgan fingerprint density at radius 2 is 1.52 bits per heavy atom. The van der Waals surface area contributed by atoms with E-state index in [4.69, 9.17) is 21.6 Å². The minimum Gasteiger partial charge on any atom is -0.488 e. The van der Waals surface area contributed by atoms with E-state index in [1.807, 2.05) is 42.5 Å². The van der Waals surface area contributed by atoms with Crippen LogP contribution in [0, 0.1) is 11.3 Å². The number of rotatable bonds is 19. The van der Waals surface area contributed by atoms with E-state index < -0.39 is 27.6 Å². The van der Waals surface area contributed by atoms with Crippen LogP contribution in [0.1, 0.15) is 104 Å². The molecule has 5 N–H and O–H groups in total. The van der Waals surface area contributed by atoms with E-state index in [-0.39, 0.29) is 30.6 Å². The number of allylic oxidation sites excluding steroid dienone is 3. The summed E-state index contributed by atoms with van der Waals surface area (Å²) in [4.78, 5) is 22.1. The molecule has 0 aliphatic heterocycles. The highest BCUT2D eigenvalue weighted by Crippen LogP contribution is 2.66. The minimum absolute atomic E-state index is 0.0932. The number of nitrogens with one attached hydrogen (secondary N) is 1. The van der Waals surface area contributed by atoms with Crippen molar-refractivity contribution in [1.29, 1.82) is 0 Å². The van der Waals surface area contributed by atoms with Gasteiger partial charge in [0.1, 0.15) is 12.4 Å². The Kier molecular flexibility index (Phi) is 12.3. The van der Waals surface area contributed by atoms with Crippen molar-refractivity contribution in [3.8, 4) is 5.75 Å². The first-order chi connectivity index (χ1) is 24.0. The molecule has 266 valence electrons. The summed E-state index contributed by atoms with van der Waals surface area (Å²) in [5.41, 5.74) is 5.87. The predicted molar refractivity (Wildman–Crippen MR) is 196 cm³/mol. The maximum absolute atomic E-state index is 12.4. The van der Waals surface area contributed by atoms with E-state index in [1.54, 1.807) is 24.3 Å². The number of para-hydroxylation sites is 1. The predicted octanol–water partition coefficient (Wildman–Crippen LogP) is 7.99.